The maximum Gasteiger partial charge on any atom is 0.134 e. The average Bonchev–Trinajstić information content (AvgIpc) is 2.88. The van der Waals surface area contributed by atoms with Crippen molar-refractivity contribution in [2.45, 2.75) is 40.2 Å². The zero-order valence-electron chi connectivity index (χ0n) is 13.6. The molecule has 0 aliphatic rings. The van der Waals surface area contributed by atoms with E-state index in [0.717, 1.165) is 43.9 Å². The minimum Gasteiger partial charge on any atom is -0.461 e. The van der Waals surface area contributed by atoms with Crippen LogP contribution in [0.4, 0.5) is 0 Å². The van der Waals surface area contributed by atoms with E-state index in [9.17, 15) is 0 Å². The first-order chi connectivity index (χ1) is 10.3. The Morgan fingerprint density at radius 1 is 1.10 bits per heavy atom. The van der Waals surface area contributed by atoms with E-state index in [1.807, 2.05) is 6.07 Å². The van der Waals surface area contributed by atoms with Gasteiger partial charge in [0.2, 0.25) is 0 Å². The molecule has 2 rings (SSSR count). The van der Waals surface area contributed by atoms with Crippen molar-refractivity contribution in [2.75, 3.05) is 26.2 Å². The minimum atomic E-state index is 0.893. The maximum atomic E-state index is 5.94. The molecule has 1 aromatic heterocycles. The zero-order chi connectivity index (χ0) is 15.1. The van der Waals surface area contributed by atoms with Crippen LogP contribution in [0.15, 0.2) is 28.7 Å². The lowest BCUT2D eigenvalue weighted by Gasteiger charge is -2.19. The molecule has 3 nitrogen and oxygen atoms in total. The lowest BCUT2D eigenvalue weighted by Crippen LogP contribution is -2.32. The summed E-state index contributed by atoms with van der Waals surface area (Å²) in [5.41, 5.74) is 2.33. The zero-order valence-corrected chi connectivity index (χ0v) is 13.6. The standard InChI is InChI=1S/C18H28N2O/c1-4-12-20(6-3)13-11-19-14-16-15-9-7-8-10-18(15)21-17(16)5-2/h7-10,19H,4-6,11-14H2,1-3H3. The Balaban J connectivity index is 1.94. The molecule has 0 aliphatic carbocycles. The van der Waals surface area contributed by atoms with Gasteiger partial charge in [0.05, 0.1) is 0 Å². The summed E-state index contributed by atoms with van der Waals surface area (Å²) in [6, 6.07) is 8.33. The largest absolute Gasteiger partial charge is 0.461 e. The van der Waals surface area contributed by atoms with Gasteiger partial charge in [-0.2, -0.15) is 0 Å². The smallest absolute Gasteiger partial charge is 0.134 e. The van der Waals surface area contributed by atoms with Crippen molar-refractivity contribution in [1.29, 1.82) is 0 Å². The highest BCUT2D eigenvalue weighted by Gasteiger charge is 2.11. The van der Waals surface area contributed by atoms with E-state index in [-0.39, 0.29) is 0 Å². The first kappa shape index (κ1) is 16.1. The fourth-order valence-electron chi connectivity index (χ4n) is 2.82. The number of rotatable bonds is 9. The quantitative estimate of drug-likeness (QED) is 0.711. The fourth-order valence-corrected chi connectivity index (χ4v) is 2.82. The topological polar surface area (TPSA) is 28.4 Å². The van der Waals surface area contributed by atoms with Crippen LogP contribution in [-0.4, -0.2) is 31.1 Å². The van der Waals surface area contributed by atoms with Crippen molar-refractivity contribution in [1.82, 2.24) is 10.2 Å². The number of para-hydroxylation sites is 1. The van der Waals surface area contributed by atoms with Gasteiger partial charge in [0.25, 0.3) is 0 Å². The SMILES string of the molecule is CCCN(CC)CCNCc1c(CC)oc2ccccc12. The number of likely N-dealkylation sites (N-methyl/N-ethyl adjacent to an activating group) is 1. The number of hydrogen-bond acceptors (Lipinski definition) is 3. The molecule has 0 saturated carbocycles. The molecule has 0 aliphatic heterocycles. The lowest BCUT2D eigenvalue weighted by atomic mass is 10.1. The van der Waals surface area contributed by atoms with Gasteiger partial charge < -0.3 is 14.6 Å². The maximum absolute atomic E-state index is 5.94. The van der Waals surface area contributed by atoms with Crippen LogP contribution in [0, 0.1) is 0 Å². The molecule has 0 unspecified atom stereocenters. The number of nitrogens with one attached hydrogen (secondary N) is 1. The second-order valence-electron chi connectivity index (χ2n) is 5.46. The van der Waals surface area contributed by atoms with Gasteiger partial charge >= 0.3 is 0 Å². The number of nitrogens with zero attached hydrogens (tertiary/aromatic N) is 1. The summed E-state index contributed by atoms with van der Waals surface area (Å²) < 4.78 is 5.94. The molecule has 3 heteroatoms. The monoisotopic (exact) mass is 288 g/mol. The molecule has 0 spiro atoms. The second kappa shape index (κ2) is 8.20. The van der Waals surface area contributed by atoms with Gasteiger partial charge in [0.15, 0.2) is 0 Å². The van der Waals surface area contributed by atoms with E-state index in [2.05, 4.69) is 49.2 Å². The third-order valence-electron chi connectivity index (χ3n) is 4.00. The molecule has 116 valence electrons. The number of aryl methyl sites for hydroxylation is 1. The van der Waals surface area contributed by atoms with Gasteiger partial charge in [-0.25, -0.2) is 0 Å². The van der Waals surface area contributed by atoms with Gasteiger partial charge in [-0.3, -0.25) is 0 Å². The van der Waals surface area contributed by atoms with Crippen LogP contribution in [0.25, 0.3) is 11.0 Å². The molecule has 1 aromatic carbocycles. The summed E-state index contributed by atoms with van der Waals surface area (Å²) >= 11 is 0. The number of fused-ring (bicyclic) bond motifs is 1. The van der Waals surface area contributed by atoms with Gasteiger partial charge in [-0.15, -0.1) is 0 Å². The summed E-state index contributed by atoms with van der Waals surface area (Å²) in [5, 5.41) is 4.83. The van der Waals surface area contributed by atoms with Crippen LogP contribution in [-0.2, 0) is 13.0 Å². The van der Waals surface area contributed by atoms with Crippen LogP contribution in [0.2, 0.25) is 0 Å². The predicted octanol–water partition coefficient (Wildman–Crippen LogP) is 3.82. The summed E-state index contributed by atoms with van der Waals surface area (Å²) in [5.74, 6) is 1.12. The Morgan fingerprint density at radius 3 is 2.62 bits per heavy atom. The highest BCUT2D eigenvalue weighted by Crippen LogP contribution is 2.25. The molecular formula is C18H28N2O. The third kappa shape index (κ3) is 4.08. The third-order valence-corrected chi connectivity index (χ3v) is 4.00. The summed E-state index contributed by atoms with van der Waals surface area (Å²) in [7, 11) is 0. The molecule has 0 fully saturated rings. The second-order valence-corrected chi connectivity index (χ2v) is 5.46. The Hall–Kier alpha value is -1.32. The first-order valence-electron chi connectivity index (χ1n) is 8.22. The first-order valence-corrected chi connectivity index (χ1v) is 8.22. The number of benzene rings is 1. The van der Waals surface area contributed by atoms with Gasteiger partial charge in [0.1, 0.15) is 11.3 Å². The van der Waals surface area contributed by atoms with E-state index in [1.54, 1.807) is 0 Å². The van der Waals surface area contributed by atoms with Crippen LogP contribution in [0.5, 0.6) is 0 Å². The minimum absolute atomic E-state index is 0.893. The molecule has 0 atom stereocenters. The average molecular weight is 288 g/mol. The van der Waals surface area contributed by atoms with Crippen molar-refractivity contribution in [3.05, 3.63) is 35.6 Å². The van der Waals surface area contributed by atoms with Gasteiger partial charge in [-0.05, 0) is 25.6 Å². The van der Waals surface area contributed by atoms with Crippen molar-refractivity contribution in [3.8, 4) is 0 Å². The molecular weight excluding hydrogens is 260 g/mol. The fraction of sp³-hybridized carbons (Fsp3) is 0.556. The Morgan fingerprint density at radius 2 is 1.90 bits per heavy atom. The van der Waals surface area contributed by atoms with Gasteiger partial charge in [0, 0.05) is 37.0 Å². The molecule has 1 N–H and O–H groups in total. The molecule has 2 aromatic rings. The Kier molecular flexibility index (Phi) is 6.27. The number of hydrogen-bond donors (Lipinski definition) is 1. The molecule has 21 heavy (non-hydrogen) atoms. The Labute approximate surface area is 128 Å². The summed E-state index contributed by atoms with van der Waals surface area (Å²) in [6.45, 7) is 12.0. The highest BCUT2D eigenvalue weighted by molar-refractivity contribution is 5.82. The van der Waals surface area contributed by atoms with Crippen molar-refractivity contribution in [3.63, 3.8) is 0 Å². The van der Waals surface area contributed by atoms with Gasteiger partial charge in [-0.1, -0.05) is 39.0 Å². The van der Waals surface area contributed by atoms with Crippen LogP contribution >= 0.6 is 0 Å². The summed E-state index contributed by atoms with van der Waals surface area (Å²) in [4.78, 5) is 2.49. The summed E-state index contributed by atoms with van der Waals surface area (Å²) in [6.07, 6.45) is 2.17. The lowest BCUT2D eigenvalue weighted by molar-refractivity contribution is 0.287. The van der Waals surface area contributed by atoms with Crippen LogP contribution in [0.1, 0.15) is 38.5 Å². The highest BCUT2D eigenvalue weighted by atomic mass is 16.3. The van der Waals surface area contributed by atoms with E-state index in [1.165, 1.54) is 23.9 Å². The molecule has 0 bridgehead atoms. The van der Waals surface area contributed by atoms with E-state index in [4.69, 9.17) is 4.42 Å². The molecule has 1 heterocycles. The molecule has 0 saturated heterocycles. The van der Waals surface area contributed by atoms with Crippen LogP contribution < -0.4 is 5.32 Å². The molecule has 0 radical (unpaired) electrons. The predicted molar refractivity (Wildman–Crippen MR) is 89.7 cm³/mol. The van der Waals surface area contributed by atoms with Crippen molar-refractivity contribution >= 4 is 11.0 Å². The van der Waals surface area contributed by atoms with Crippen molar-refractivity contribution < 1.29 is 4.42 Å². The van der Waals surface area contributed by atoms with Crippen molar-refractivity contribution in [2.24, 2.45) is 0 Å². The normalized spacial score (nSPS) is 11.6. The van der Waals surface area contributed by atoms with Crippen LogP contribution in [0.3, 0.4) is 0 Å². The van der Waals surface area contributed by atoms with E-state index in [0.29, 0.717) is 0 Å². The molecule has 0 amide bonds. The Bertz CT molecular complexity index is 547. The van der Waals surface area contributed by atoms with E-state index < -0.39 is 0 Å². The van der Waals surface area contributed by atoms with E-state index >= 15 is 0 Å². The number of furan rings is 1.